The molecule has 2 fully saturated rings. The summed E-state index contributed by atoms with van der Waals surface area (Å²) in [5.74, 6) is -0.184. The molecule has 4 atom stereocenters. The van der Waals surface area contributed by atoms with Crippen LogP contribution in [0.15, 0.2) is 36.7 Å². The average Bonchev–Trinajstić information content (AvgIpc) is 3.32. The second kappa shape index (κ2) is 8.26. The number of rotatable bonds is 5. The van der Waals surface area contributed by atoms with Gasteiger partial charge < -0.3 is 24.9 Å². The summed E-state index contributed by atoms with van der Waals surface area (Å²) >= 11 is 0. The van der Waals surface area contributed by atoms with Gasteiger partial charge in [-0.1, -0.05) is 6.07 Å². The summed E-state index contributed by atoms with van der Waals surface area (Å²) in [6, 6.07) is 5.15. The van der Waals surface area contributed by atoms with E-state index in [-0.39, 0.29) is 23.8 Å². The van der Waals surface area contributed by atoms with Gasteiger partial charge in [-0.3, -0.25) is 9.69 Å². The fourth-order valence-corrected chi connectivity index (χ4v) is 3.94. The number of carbonyl (C=O) groups is 1. The molecule has 9 heteroatoms. The Kier molecular flexibility index (Phi) is 5.56. The molecule has 1 amide bonds. The van der Waals surface area contributed by atoms with Crippen molar-refractivity contribution >= 4 is 5.91 Å². The summed E-state index contributed by atoms with van der Waals surface area (Å²) in [6.07, 6.45) is 2.06. The van der Waals surface area contributed by atoms with E-state index in [2.05, 4.69) is 20.2 Å². The van der Waals surface area contributed by atoms with E-state index in [1.54, 1.807) is 18.3 Å². The molecule has 1 aromatic carbocycles. The number of hydrogen-bond donors (Lipinski definition) is 3. The van der Waals surface area contributed by atoms with Crippen molar-refractivity contribution in [2.45, 2.75) is 30.7 Å². The molecule has 0 unspecified atom stereocenters. The molecule has 2 heterocycles. The topological polar surface area (TPSA) is 99.7 Å². The van der Waals surface area contributed by atoms with Crippen LogP contribution in [0, 0.1) is 5.82 Å². The highest BCUT2D eigenvalue weighted by atomic mass is 19.1. The lowest BCUT2D eigenvalue weighted by molar-refractivity contribution is -0.0350. The van der Waals surface area contributed by atoms with E-state index in [0.717, 1.165) is 0 Å². The highest BCUT2D eigenvalue weighted by Gasteiger charge is 2.47. The zero-order chi connectivity index (χ0) is 19.5. The normalized spacial score (nSPS) is 28.2. The van der Waals surface area contributed by atoms with Gasteiger partial charge in [0.15, 0.2) is 5.82 Å². The molecule has 8 nitrogen and oxygen atoms in total. The number of aliphatic hydroxyl groups excluding tert-OH is 1. The number of morpholine rings is 1. The fourth-order valence-electron chi connectivity index (χ4n) is 3.94. The Morgan fingerprint density at radius 1 is 1.39 bits per heavy atom. The van der Waals surface area contributed by atoms with Crippen molar-refractivity contribution in [1.82, 2.24) is 20.2 Å². The number of amides is 1. The third-order valence-corrected chi connectivity index (χ3v) is 5.21. The molecule has 150 valence electrons. The van der Waals surface area contributed by atoms with Gasteiger partial charge in [0, 0.05) is 38.0 Å². The number of imidazole rings is 1. The van der Waals surface area contributed by atoms with Gasteiger partial charge in [-0.05, 0) is 12.1 Å². The molecule has 1 aliphatic heterocycles. The largest absolute Gasteiger partial charge is 0.487 e. The summed E-state index contributed by atoms with van der Waals surface area (Å²) in [4.78, 5) is 21.3. The SMILES string of the molecule is O=C(N[C@@H]1C[C@@H](Oc2cccc(F)c2)[C@H](O)[C@H]1N1CCOCC1)c1ncc[nH]1. The quantitative estimate of drug-likeness (QED) is 0.690. The van der Waals surface area contributed by atoms with E-state index in [9.17, 15) is 14.3 Å². The number of carbonyl (C=O) groups excluding carboxylic acids is 1. The Labute approximate surface area is 161 Å². The number of aromatic nitrogens is 2. The summed E-state index contributed by atoms with van der Waals surface area (Å²) in [6.45, 7) is 2.44. The van der Waals surface area contributed by atoms with Crippen LogP contribution in [0.4, 0.5) is 4.39 Å². The van der Waals surface area contributed by atoms with Gasteiger partial charge in [0.25, 0.3) is 5.91 Å². The maximum absolute atomic E-state index is 13.5. The minimum Gasteiger partial charge on any atom is -0.487 e. The zero-order valence-corrected chi connectivity index (χ0v) is 15.3. The van der Waals surface area contributed by atoms with E-state index in [1.807, 2.05) is 0 Å². The smallest absolute Gasteiger partial charge is 0.287 e. The van der Waals surface area contributed by atoms with Gasteiger partial charge in [0.1, 0.15) is 23.8 Å². The number of H-pyrrole nitrogens is 1. The van der Waals surface area contributed by atoms with Crippen molar-refractivity contribution in [1.29, 1.82) is 0 Å². The molecule has 0 bridgehead atoms. The lowest BCUT2D eigenvalue weighted by Gasteiger charge is -2.37. The first-order valence-corrected chi connectivity index (χ1v) is 9.34. The van der Waals surface area contributed by atoms with Gasteiger partial charge in [-0.15, -0.1) is 0 Å². The highest BCUT2D eigenvalue weighted by Crippen LogP contribution is 2.30. The number of ether oxygens (including phenoxy) is 2. The zero-order valence-electron chi connectivity index (χ0n) is 15.3. The molecule has 2 aliphatic rings. The number of aliphatic hydroxyl groups is 1. The Bertz CT molecular complexity index is 797. The maximum Gasteiger partial charge on any atom is 0.287 e. The molecule has 2 aromatic rings. The van der Waals surface area contributed by atoms with Crippen molar-refractivity contribution in [3.05, 3.63) is 48.3 Å². The summed E-state index contributed by atoms with van der Waals surface area (Å²) < 4.78 is 24.8. The minimum atomic E-state index is -0.844. The molecule has 0 spiro atoms. The summed E-state index contributed by atoms with van der Waals surface area (Å²) in [5, 5.41) is 13.9. The first-order valence-electron chi connectivity index (χ1n) is 9.34. The van der Waals surface area contributed by atoms with E-state index in [4.69, 9.17) is 9.47 Å². The minimum absolute atomic E-state index is 0.213. The number of nitrogens with one attached hydrogen (secondary N) is 2. The number of hydrogen-bond acceptors (Lipinski definition) is 6. The Balaban J connectivity index is 1.52. The number of nitrogens with zero attached hydrogens (tertiary/aromatic N) is 2. The number of benzene rings is 1. The van der Waals surface area contributed by atoms with Gasteiger partial charge in [-0.25, -0.2) is 9.37 Å². The molecule has 0 radical (unpaired) electrons. The van der Waals surface area contributed by atoms with Crippen LogP contribution in [0.3, 0.4) is 0 Å². The predicted octanol–water partition coefficient (Wildman–Crippen LogP) is 0.560. The first-order chi connectivity index (χ1) is 13.6. The molecule has 1 aromatic heterocycles. The standard InChI is InChI=1S/C19H23FN4O4/c20-12-2-1-3-13(10-12)28-15-11-14(23-19(26)18-21-4-5-22-18)16(17(15)25)24-6-8-27-9-7-24/h1-5,10,14-17,25H,6-9,11H2,(H,21,22)(H,23,26)/t14-,15-,16+,17+/m1/s1. The lowest BCUT2D eigenvalue weighted by atomic mass is 10.1. The van der Waals surface area contributed by atoms with E-state index < -0.39 is 18.0 Å². The van der Waals surface area contributed by atoms with Crippen LogP contribution in [0.25, 0.3) is 0 Å². The molecule has 1 aliphatic carbocycles. The molecule has 1 saturated carbocycles. The van der Waals surface area contributed by atoms with Crippen molar-refractivity contribution in [3.63, 3.8) is 0 Å². The lowest BCUT2D eigenvalue weighted by Crippen LogP contribution is -2.56. The fraction of sp³-hybridized carbons (Fsp3) is 0.474. The third kappa shape index (κ3) is 4.01. The van der Waals surface area contributed by atoms with Crippen LogP contribution in [-0.4, -0.2) is 76.5 Å². The van der Waals surface area contributed by atoms with Crippen molar-refractivity contribution in [3.8, 4) is 5.75 Å². The predicted molar refractivity (Wildman–Crippen MR) is 97.5 cm³/mol. The maximum atomic E-state index is 13.5. The molecule has 28 heavy (non-hydrogen) atoms. The van der Waals surface area contributed by atoms with E-state index in [1.165, 1.54) is 18.3 Å². The Hall–Kier alpha value is -2.49. The number of aromatic amines is 1. The average molecular weight is 390 g/mol. The molecular formula is C19H23FN4O4. The van der Waals surface area contributed by atoms with Gasteiger partial charge in [-0.2, -0.15) is 0 Å². The molecule has 1 saturated heterocycles. The van der Waals surface area contributed by atoms with Crippen LogP contribution in [0.1, 0.15) is 17.0 Å². The Morgan fingerprint density at radius 2 is 2.21 bits per heavy atom. The second-order valence-electron chi connectivity index (χ2n) is 7.00. The second-order valence-corrected chi connectivity index (χ2v) is 7.00. The van der Waals surface area contributed by atoms with Gasteiger partial charge >= 0.3 is 0 Å². The van der Waals surface area contributed by atoms with Crippen molar-refractivity contribution < 1.29 is 23.8 Å². The molecular weight excluding hydrogens is 367 g/mol. The van der Waals surface area contributed by atoms with Gasteiger partial charge in [0.2, 0.25) is 0 Å². The van der Waals surface area contributed by atoms with E-state index in [0.29, 0.717) is 38.5 Å². The van der Waals surface area contributed by atoms with Crippen LogP contribution in [-0.2, 0) is 4.74 Å². The summed E-state index contributed by atoms with van der Waals surface area (Å²) in [5.41, 5.74) is 0. The van der Waals surface area contributed by atoms with Crippen molar-refractivity contribution in [2.75, 3.05) is 26.3 Å². The molecule has 3 N–H and O–H groups in total. The number of halogens is 1. The Morgan fingerprint density at radius 3 is 2.93 bits per heavy atom. The van der Waals surface area contributed by atoms with Gasteiger partial charge in [0.05, 0.1) is 25.3 Å². The monoisotopic (exact) mass is 390 g/mol. The van der Waals surface area contributed by atoms with E-state index >= 15 is 0 Å². The van der Waals surface area contributed by atoms with Crippen LogP contribution in [0.5, 0.6) is 5.75 Å². The molecule has 4 rings (SSSR count). The van der Waals surface area contributed by atoms with Crippen LogP contribution >= 0.6 is 0 Å². The summed E-state index contributed by atoms with van der Waals surface area (Å²) in [7, 11) is 0. The van der Waals surface area contributed by atoms with Crippen LogP contribution < -0.4 is 10.1 Å². The first kappa shape index (κ1) is 18.9. The highest BCUT2D eigenvalue weighted by molar-refractivity contribution is 5.90. The van der Waals surface area contributed by atoms with Crippen LogP contribution in [0.2, 0.25) is 0 Å². The van der Waals surface area contributed by atoms with Crippen molar-refractivity contribution in [2.24, 2.45) is 0 Å². The third-order valence-electron chi connectivity index (χ3n) is 5.21.